The number of urea groups is 1. The molecule has 132 valence electrons. The van der Waals surface area contributed by atoms with Crippen LogP contribution in [-0.2, 0) is 0 Å². The lowest BCUT2D eigenvalue weighted by Gasteiger charge is -2.45. The molecule has 0 aromatic heterocycles. The number of rotatable bonds is 1. The number of nitrogens with zero attached hydrogens (tertiary/aromatic N) is 1. The van der Waals surface area contributed by atoms with Gasteiger partial charge in [0.05, 0.1) is 5.69 Å². The van der Waals surface area contributed by atoms with Crippen LogP contribution in [0.15, 0.2) is 66.7 Å². The van der Waals surface area contributed by atoms with Gasteiger partial charge in [-0.25, -0.2) is 4.79 Å². The van der Waals surface area contributed by atoms with Crippen molar-refractivity contribution in [1.82, 2.24) is 0 Å². The molecule has 26 heavy (non-hydrogen) atoms. The summed E-state index contributed by atoms with van der Waals surface area (Å²) < 4.78 is 0. The zero-order valence-electron chi connectivity index (χ0n) is 15.5. The largest absolute Gasteiger partial charge is 0.326 e. The quantitative estimate of drug-likeness (QED) is 0.563. The van der Waals surface area contributed by atoms with Crippen LogP contribution < -0.4 is 10.2 Å². The summed E-state index contributed by atoms with van der Waals surface area (Å²) in [5.74, 6) is 0.433. The SMILES string of the molecule is CC1CC(C)(C)N(C(=O)Nc2cccc3ccccc23)c2ccccc21. The minimum Gasteiger partial charge on any atom is -0.307 e. The smallest absolute Gasteiger partial charge is 0.307 e. The molecule has 3 aromatic carbocycles. The average Bonchev–Trinajstić information content (AvgIpc) is 2.61. The second kappa shape index (κ2) is 6.17. The number of nitrogens with one attached hydrogen (secondary N) is 1. The molecule has 2 amide bonds. The molecule has 0 radical (unpaired) electrons. The zero-order valence-corrected chi connectivity index (χ0v) is 15.5. The second-order valence-corrected chi connectivity index (χ2v) is 7.77. The van der Waals surface area contributed by atoms with Crippen LogP contribution in [-0.4, -0.2) is 11.6 Å². The van der Waals surface area contributed by atoms with Crippen LogP contribution in [0, 0.1) is 0 Å². The minimum atomic E-state index is -0.248. The summed E-state index contributed by atoms with van der Waals surface area (Å²) in [6, 6.07) is 22.3. The summed E-state index contributed by atoms with van der Waals surface area (Å²) in [6.45, 7) is 6.52. The second-order valence-electron chi connectivity index (χ2n) is 7.77. The predicted octanol–water partition coefficient (Wildman–Crippen LogP) is 6.16. The number of carbonyl (C=O) groups excluding carboxylic acids is 1. The molecule has 4 rings (SSSR count). The first-order valence-corrected chi connectivity index (χ1v) is 9.15. The standard InChI is InChI=1S/C23H24N2O/c1-16-15-23(2,3)25(21-14-7-6-11-18(16)21)22(26)24-20-13-8-10-17-9-4-5-12-19(17)20/h4-14,16H,15H2,1-3H3,(H,24,26). The maximum Gasteiger partial charge on any atom is 0.326 e. The minimum absolute atomic E-state index is 0.0781. The van der Waals surface area contributed by atoms with E-state index >= 15 is 0 Å². The van der Waals surface area contributed by atoms with E-state index in [0.29, 0.717) is 5.92 Å². The number of hydrogen-bond acceptors (Lipinski definition) is 1. The third-order valence-corrected chi connectivity index (χ3v) is 5.35. The lowest BCUT2D eigenvalue weighted by molar-refractivity contribution is 0.247. The van der Waals surface area contributed by atoms with E-state index in [1.807, 2.05) is 41.3 Å². The van der Waals surface area contributed by atoms with Crippen molar-refractivity contribution in [3.8, 4) is 0 Å². The van der Waals surface area contributed by atoms with Gasteiger partial charge in [-0.2, -0.15) is 0 Å². The molecule has 0 saturated heterocycles. The Morgan fingerprint density at radius 2 is 1.69 bits per heavy atom. The average molecular weight is 344 g/mol. The van der Waals surface area contributed by atoms with Gasteiger partial charge < -0.3 is 5.32 Å². The van der Waals surface area contributed by atoms with Crippen molar-refractivity contribution in [2.45, 2.75) is 38.6 Å². The molecule has 0 spiro atoms. The van der Waals surface area contributed by atoms with Crippen molar-refractivity contribution in [1.29, 1.82) is 0 Å². The van der Waals surface area contributed by atoms with Crippen molar-refractivity contribution in [3.05, 3.63) is 72.3 Å². The van der Waals surface area contributed by atoms with Crippen LogP contribution in [0.25, 0.3) is 10.8 Å². The monoisotopic (exact) mass is 344 g/mol. The van der Waals surface area contributed by atoms with Crippen molar-refractivity contribution >= 4 is 28.2 Å². The molecule has 1 aliphatic heterocycles. The van der Waals surface area contributed by atoms with Gasteiger partial charge in [0.15, 0.2) is 0 Å². The lowest BCUT2D eigenvalue weighted by Crippen LogP contribution is -2.53. The Kier molecular flexibility index (Phi) is 3.95. The van der Waals surface area contributed by atoms with E-state index in [2.05, 4.69) is 56.4 Å². The maximum absolute atomic E-state index is 13.3. The van der Waals surface area contributed by atoms with Gasteiger partial charge in [-0.1, -0.05) is 61.5 Å². The first-order chi connectivity index (χ1) is 12.5. The maximum atomic E-state index is 13.3. The van der Waals surface area contributed by atoms with Gasteiger partial charge in [-0.15, -0.1) is 0 Å². The van der Waals surface area contributed by atoms with E-state index in [1.54, 1.807) is 0 Å². The van der Waals surface area contributed by atoms with E-state index in [-0.39, 0.29) is 11.6 Å². The van der Waals surface area contributed by atoms with Crippen molar-refractivity contribution < 1.29 is 4.79 Å². The fourth-order valence-electron chi connectivity index (χ4n) is 4.27. The van der Waals surface area contributed by atoms with Crippen LogP contribution in [0.5, 0.6) is 0 Å². The van der Waals surface area contributed by atoms with Gasteiger partial charge in [-0.05, 0) is 49.3 Å². The zero-order chi connectivity index (χ0) is 18.3. The number of hydrogen-bond donors (Lipinski definition) is 1. The molecule has 1 heterocycles. The molecule has 1 N–H and O–H groups in total. The fourth-order valence-corrected chi connectivity index (χ4v) is 4.27. The van der Waals surface area contributed by atoms with E-state index in [9.17, 15) is 4.79 Å². The molecule has 0 bridgehead atoms. The highest BCUT2D eigenvalue weighted by atomic mass is 16.2. The highest BCUT2D eigenvalue weighted by Crippen LogP contribution is 2.43. The summed E-state index contributed by atoms with van der Waals surface area (Å²) in [4.78, 5) is 15.2. The van der Waals surface area contributed by atoms with Gasteiger partial charge in [-0.3, -0.25) is 4.90 Å². The van der Waals surface area contributed by atoms with Crippen molar-refractivity contribution in [2.24, 2.45) is 0 Å². The normalized spacial score (nSPS) is 18.4. The topological polar surface area (TPSA) is 32.3 Å². The highest BCUT2D eigenvalue weighted by molar-refractivity contribution is 6.08. The fraction of sp³-hybridized carbons (Fsp3) is 0.261. The van der Waals surface area contributed by atoms with E-state index < -0.39 is 0 Å². The molecule has 3 aromatic rings. The molecule has 3 heteroatoms. The molecule has 0 fully saturated rings. The summed E-state index contributed by atoms with van der Waals surface area (Å²) in [5, 5.41) is 5.33. The predicted molar refractivity (Wildman–Crippen MR) is 109 cm³/mol. The number of para-hydroxylation sites is 1. The Bertz CT molecular complexity index is 971. The number of amides is 2. The van der Waals surface area contributed by atoms with Crippen LogP contribution >= 0.6 is 0 Å². The van der Waals surface area contributed by atoms with Crippen LogP contribution in [0.2, 0.25) is 0 Å². The Morgan fingerprint density at radius 3 is 2.54 bits per heavy atom. The van der Waals surface area contributed by atoms with Crippen LogP contribution in [0.3, 0.4) is 0 Å². The Hall–Kier alpha value is -2.81. The summed E-state index contributed by atoms with van der Waals surface area (Å²) in [6.07, 6.45) is 0.937. The number of benzene rings is 3. The van der Waals surface area contributed by atoms with Crippen LogP contribution in [0.1, 0.15) is 38.7 Å². The molecule has 3 nitrogen and oxygen atoms in total. The number of carbonyl (C=O) groups is 1. The van der Waals surface area contributed by atoms with Crippen molar-refractivity contribution in [2.75, 3.05) is 10.2 Å². The Morgan fingerprint density at radius 1 is 1.00 bits per heavy atom. The van der Waals surface area contributed by atoms with Crippen LogP contribution in [0.4, 0.5) is 16.2 Å². The summed E-state index contributed by atoms with van der Waals surface area (Å²) >= 11 is 0. The summed E-state index contributed by atoms with van der Waals surface area (Å²) in [5.41, 5.74) is 2.84. The van der Waals surface area contributed by atoms with Crippen molar-refractivity contribution in [3.63, 3.8) is 0 Å². The molecule has 1 aliphatic rings. The third kappa shape index (κ3) is 2.74. The first kappa shape index (κ1) is 16.6. The molecular formula is C23H24N2O. The number of fused-ring (bicyclic) bond motifs is 2. The van der Waals surface area contributed by atoms with E-state index in [0.717, 1.165) is 28.6 Å². The Balaban J connectivity index is 1.74. The van der Waals surface area contributed by atoms with Gasteiger partial charge in [0.2, 0.25) is 0 Å². The van der Waals surface area contributed by atoms with Gasteiger partial charge in [0.1, 0.15) is 0 Å². The molecule has 0 saturated carbocycles. The van der Waals surface area contributed by atoms with Gasteiger partial charge >= 0.3 is 6.03 Å². The molecular weight excluding hydrogens is 320 g/mol. The van der Waals surface area contributed by atoms with E-state index in [1.165, 1.54) is 5.56 Å². The van der Waals surface area contributed by atoms with Gasteiger partial charge in [0.25, 0.3) is 0 Å². The first-order valence-electron chi connectivity index (χ1n) is 9.15. The van der Waals surface area contributed by atoms with Gasteiger partial charge in [0, 0.05) is 16.6 Å². The summed E-state index contributed by atoms with van der Waals surface area (Å²) in [7, 11) is 0. The Labute approximate surface area is 154 Å². The van der Waals surface area contributed by atoms with E-state index in [4.69, 9.17) is 0 Å². The molecule has 1 unspecified atom stereocenters. The highest BCUT2D eigenvalue weighted by Gasteiger charge is 2.39. The third-order valence-electron chi connectivity index (χ3n) is 5.35. The molecule has 0 aliphatic carbocycles. The number of anilines is 2. The lowest BCUT2D eigenvalue weighted by atomic mass is 9.80. The molecule has 1 atom stereocenters.